The van der Waals surface area contributed by atoms with Gasteiger partial charge in [0.1, 0.15) is 10.9 Å². The number of nitrogens with zero attached hydrogens (tertiary/aromatic N) is 1. The van der Waals surface area contributed by atoms with E-state index in [9.17, 15) is 4.79 Å². The molecule has 31 heavy (non-hydrogen) atoms. The summed E-state index contributed by atoms with van der Waals surface area (Å²) in [6.45, 7) is 0.924. The first-order valence-corrected chi connectivity index (χ1v) is 11.0. The number of thioether (sulfide) groups is 1. The van der Waals surface area contributed by atoms with E-state index in [1.165, 1.54) is 11.8 Å². The van der Waals surface area contributed by atoms with Crippen LogP contribution >= 0.6 is 24.0 Å². The highest BCUT2D eigenvalue weighted by molar-refractivity contribution is 8.26. The molecule has 1 amide bonds. The van der Waals surface area contributed by atoms with Crippen LogP contribution in [-0.2, 0) is 17.9 Å². The zero-order chi connectivity index (χ0) is 21.6. The van der Waals surface area contributed by atoms with Crippen molar-refractivity contribution >= 4 is 40.3 Å². The smallest absolute Gasteiger partial charge is 0.266 e. The Morgan fingerprint density at radius 1 is 0.935 bits per heavy atom. The first-order valence-electron chi connectivity index (χ1n) is 9.78. The van der Waals surface area contributed by atoms with Gasteiger partial charge in [-0.15, -0.1) is 0 Å². The van der Waals surface area contributed by atoms with E-state index < -0.39 is 0 Å². The minimum Gasteiger partial charge on any atom is -0.493 e. The first-order chi connectivity index (χ1) is 15.1. The molecule has 0 radical (unpaired) electrons. The Balaban J connectivity index is 1.49. The third kappa shape index (κ3) is 5.16. The number of hydrogen-bond acceptors (Lipinski definition) is 5. The highest BCUT2D eigenvalue weighted by atomic mass is 32.2. The largest absolute Gasteiger partial charge is 0.493 e. The lowest BCUT2D eigenvalue weighted by Gasteiger charge is -2.14. The van der Waals surface area contributed by atoms with Gasteiger partial charge in [-0.3, -0.25) is 9.69 Å². The predicted molar refractivity (Wildman–Crippen MR) is 129 cm³/mol. The van der Waals surface area contributed by atoms with Crippen molar-refractivity contribution in [1.82, 2.24) is 4.90 Å². The molecule has 156 valence electrons. The molecule has 1 fully saturated rings. The van der Waals surface area contributed by atoms with Gasteiger partial charge in [0.2, 0.25) is 0 Å². The maximum Gasteiger partial charge on any atom is 0.266 e. The number of rotatable bonds is 7. The van der Waals surface area contributed by atoms with Crippen LogP contribution in [0.3, 0.4) is 0 Å². The number of carbonyl (C=O) groups excluding carboxylic acids is 1. The van der Waals surface area contributed by atoms with Gasteiger partial charge in [-0.1, -0.05) is 90.7 Å². The van der Waals surface area contributed by atoms with Crippen molar-refractivity contribution < 1.29 is 14.3 Å². The molecule has 1 aliphatic heterocycles. The second-order valence-corrected chi connectivity index (χ2v) is 8.61. The zero-order valence-corrected chi connectivity index (χ0v) is 18.6. The van der Waals surface area contributed by atoms with Crippen LogP contribution < -0.4 is 9.47 Å². The van der Waals surface area contributed by atoms with Crippen LogP contribution in [0.15, 0.2) is 83.8 Å². The molecule has 3 aromatic carbocycles. The molecule has 0 saturated carbocycles. The average molecular weight is 448 g/mol. The summed E-state index contributed by atoms with van der Waals surface area (Å²) >= 11 is 6.76. The summed E-state index contributed by atoms with van der Waals surface area (Å²) in [5.74, 6) is 1.19. The van der Waals surface area contributed by atoms with E-state index in [-0.39, 0.29) is 5.91 Å². The summed E-state index contributed by atoms with van der Waals surface area (Å²) in [5.41, 5.74) is 2.97. The van der Waals surface area contributed by atoms with Crippen LogP contribution in [0.5, 0.6) is 11.5 Å². The van der Waals surface area contributed by atoms with E-state index in [2.05, 4.69) is 0 Å². The summed E-state index contributed by atoms with van der Waals surface area (Å²) in [7, 11) is 1.60. The molecule has 0 atom stereocenters. The number of benzene rings is 3. The first kappa shape index (κ1) is 21.2. The molecule has 0 unspecified atom stereocenters. The minimum atomic E-state index is -0.0813. The highest BCUT2D eigenvalue weighted by Gasteiger charge is 2.32. The summed E-state index contributed by atoms with van der Waals surface area (Å²) in [4.78, 5) is 15.1. The van der Waals surface area contributed by atoms with Crippen molar-refractivity contribution in [3.63, 3.8) is 0 Å². The molecule has 3 aromatic rings. The Hall–Kier alpha value is -3.09. The molecule has 6 heteroatoms. The number of amides is 1. The van der Waals surface area contributed by atoms with Gasteiger partial charge in [-0.2, -0.15) is 0 Å². The molecule has 4 rings (SSSR count). The molecule has 1 saturated heterocycles. The van der Waals surface area contributed by atoms with Gasteiger partial charge >= 0.3 is 0 Å². The van der Waals surface area contributed by atoms with Crippen LogP contribution in [0.1, 0.15) is 16.7 Å². The van der Waals surface area contributed by atoms with Crippen LogP contribution in [0, 0.1) is 0 Å². The quantitative estimate of drug-likeness (QED) is 0.344. The Labute approximate surface area is 191 Å². The molecule has 0 N–H and O–H groups in total. The van der Waals surface area contributed by atoms with E-state index in [1.807, 2.05) is 84.9 Å². The van der Waals surface area contributed by atoms with Crippen LogP contribution in [0.25, 0.3) is 6.08 Å². The third-order valence-electron chi connectivity index (χ3n) is 4.78. The maximum absolute atomic E-state index is 12.9. The lowest BCUT2D eigenvalue weighted by atomic mass is 10.1. The minimum absolute atomic E-state index is 0.0813. The molecule has 0 bridgehead atoms. The lowest BCUT2D eigenvalue weighted by molar-refractivity contribution is -0.122. The molecule has 0 aromatic heterocycles. The summed E-state index contributed by atoms with van der Waals surface area (Å²) in [6, 6.07) is 25.4. The summed E-state index contributed by atoms with van der Waals surface area (Å²) < 4.78 is 12.0. The lowest BCUT2D eigenvalue weighted by Crippen LogP contribution is -2.27. The molecule has 4 nitrogen and oxygen atoms in total. The third-order valence-corrected chi connectivity index (χ3v) is 6.16. The van der Waals surface area contributed by atoms with Gasteiger partial charge in [-0.25, -0.2) is 0 Å². The molecule has 1 heterocycles. The number of carbonyl (C=O) groups is 1. The fourth-order valence-electron chi connectivity index (χ4n) is 3.18. The second-order valence-electron chi connectivity index (χ2n) is 6.94. The molecule has 0 aliphatic carbocycles. The van der Waals surface area contributed by atoms with E-state index in [0.29, 0.717) is 33.9 Å². The van der Waals surface area contributed by atoms with Crippen LogP contribution in [0.2, 0.25) is 0 Å². The average Bonchev–Trinajstić information content (AvgIpc) is 3.06. The summed E-state index contributed by atoms with van der Waals surface area (Å²) in [5, 5.41) is 0. The van der Waals surface area contributed by atoms with Crippen molar-refractivity contribution in [2.24, 2.45) is 0 Å². The van der Waals surface area contributed by atoms with E-state index >= 15 is 0 Å². The van der Waals surface area contributed by atoms with Crippen molar-refractivity contribution in [1.29, 1.82) is 0 Å². The van der Waals surface area contributed by atoms with Gasteiger partial charge in [0.15, 0.2) is 11.5 Å². The van der Waals surface area contributed by atoms with Gasteiger partial charge in [0.25, 0.3) is 5.91 Å². The Morgan fingerprint density at radius 3 is 2.29 bits per heavy atom. The van der Waals surface area contributed by atoms with Crippen molar-refractivity contribution in [2.45, 2.75) is 13.2 Å². The maximum atomic E-state index is 12.9. The van der Waals surface area contributed by atoms with Gasteiger partial charge in [0, 0.05) is 0 Å². The Bertz CT molecular complexity index is 1110. The van der Waals surface area contributed by atoms with Crippen LogP contribution in [-0.4, -0.2) is 22.2 Å². The predicted octanol–water partition coefficient (Wildman–Crippen LogP) is 5.68. The van der Waals surface area contributed by atoms with E-state index in [0.717, 1.165) is 16.7 Å². The Morgan fingerprint density at radius 2 is 1.61 bits per heavy atom. The van der Waals surface area contributed by atoms with Gasteiger partial charge in [0.05, 0.1) is 18.6 Å². The van der Waals surface area contributed by atoms with E-state index in [4.69, 9.17) is 21.7 Å². The second kappa shape index (κ2) is 9.81. The molecular weight excluding hydrogens is 426 g/mol. The van der Waals surface area contributed by atoms with Gasteiger partial charge < -0.3 is 9.47 Å². The topological polar surface area (TPSA) is 38.8 Å². The molecule has 0 spiro atoms. The number of thiocarbonyl (C=S) groups is 1. The molecule has 1 aliphatic rings. The standard InChI is InChI=1S/C25H21NO3S2/c1-28-22-14-20(12-13-21(22)29-17-19-10-6-3-7-11-19)15-23-24(27)26(25(30)31-23)16-18-8-4-2-5-9-18/h2-15H,16-17H2,1H3. The number of ether oxygens (including phenoxy) is 2. The highest BCUT2D eigenvalue weighted by Crippen LogP contribution is 2.35. The fourth-order valence-corrected chi connectivity index (χ4v) is 4.44. The zero-order valence-electron chi connectivity index (χ0n) is 17.0. The molecular formula is C25H21NO3S2. The monoisotopic (exact) mass is 447 g/mol. The van der Waals surface area contributed by atoms with Crippen molar-refractivity contribution in [3.05, 3.63) is 100 Å². The normalized spacial score (nSPS) is 14.9. The van der Waals surface area contributed by atoms with E-state index in [1.54, 1.807) is 12.0 Å². The summed E-state index contributed by atoms with van der Waals surface area (Å²) in [6.07, 6.45) is 1.84. The van der Waals surface area contributed by atoms with Gasteiger partial charge in [-0.05, 0) is 34.9 Å². The fraction of sp³-hybridized carbons (Fsp3) is 0.120. The number of methoxy groups -OCH3 is 1. The van der Waals surface area contributed by atoms with Crippen molar-refractivity contribution in [3.8, 4) is 11.5 Å². The van der Waals surface area contributed by atoms with Crippen molar-refractivity contribution in [2.75, 3.05) is 7.11 Å². The van der Waals surface area contributed by atoms with Crippen LogP contribution in [0.4, 0.5) is 0 Å². The SMILES string of the molecule is COc1cc(C=C2SC(=S)N(Cc3ccccc3)C2=O)ccc1OCc1ccccc1. The Kier molecular flexibility index (Phi) is 6.70. The number of hydrogen-bond donors (Lipinski definition) is 0.